The maximum absolute atomic E-state index is 12.9. The van der Waals surface area contributed by atoms with Crippen molar-refractivity contribution in [2.45, 2.75) is 19.8 Å². The van der Waals surface area contributed by atoms with Crippen LogP contribution < -0.4 is 0 Å². The fourth-order valence-electron chi connectivity index (χ4n) is 2.82. The predicted molar refractivity (Wildman–Crippen MR) is 93.7 cm³/mol. The van der Waals surface area contributed by atoms with Crippen LogP contribution in [0.4, 0.5) is 8.78 Å². The van der Waals surface area contributed by atoms with E-state index in [1.807, 2.05) is 0 Å². The smallest absolute Gasteiger partial charge is 0.307 e. The number of carbonyl (C=O) groups excluding carboxylic acids is 1. The van der Waals surface area contributed by atoms with E-state index in [-0.39, 0.29) is 26.9 Å². The van der Waals surface area contributed by atoms with E-state index in [2.05, 4.69) is 0 Å². The van der Waals surface area contributed by atoms with Gasteiger partial charge in [0.25, 0.3) is 12.3 Å². The zero-order valence-electron chi connectivity index (χ0n) is 13.3. The van der Waals surface area contributed by atoms with Crippen LogP contribution in [0.2, 0.25) is 5.02 Å². The van der Waals surface area contributed by atoms with Gasteiger partial charge in [-0.15, -0.1) is 11.3 Å². The molecule has 2 aromatic heterocycles. The van der Waals surface area contributed by atoms with E-state index in [1.165, 1.54) is 28.8 Å². The number of carboxylic acids is 1. The van der Waals surface area contributed by atoms with Crippen LogP contribution in [0.3, 0.4) is 0 Å². The topological polar surface area (TPSA) is 79.5 Å². The standard InChI is InChI=1S/C17H12ClF2NO4S/c1-7-8(5-15(23)24)9-4-12(22)10(18)6-11(9)21(7)17(25)14-3-2-13(26-14)16(19)20/h2-4,6,16,22H,5H2,1H3,(H,23,24). The van der Waals surface area contributed by atoms with Crippen molar-refractivity contribution in [2.24, 2.45) is 0 Å². The Hall–Kier alpha value is -2.45. The van der Waals surface area contributed by atoms with Gasteiger partial charge in [0.15, 0.2) is 0 Å². The molecule has 3 rings (SSSR count). The lowest BCUT2D eigenvalue weighted by Crippen LogP contribution is -2.12. The van der Waals surface area contributed by atoms with Gasteiger partial charge < -0.3 is 10.2 Å². The third-order valence-electron chi connectivity index (χ3n) is 3.99. The fourth-order valence-corrected chi connectivity index (χ4v) is 3.77. The Bertz CT molecular complexity index is 1040. The molecular weight excluding hydrogens is 388 g/mol. The van der Waals surface area contributed by atoms with Crippen molar-refractivity contribution in [1.82, 2.24) is 4.57 Å². The van der Waals surface area contributed by atoms with Crippen LogP contribution >= 0.6 is 22.9 Å². The summed E-state index contributed by atoms with van der Waals surface area (Å²) in [6.07, 6.45) is -3.05. The highest BCUT2D eigenvalue weighted by atomic mass is 35.5. The average molecular weight is 400 g/mol. The first-order chi connectivity index (χ1) is 12.2. The number of nitrogens with zero attached hydrogens (tertiary/aromatic N) is 1. The van der Waals surface area contributed by atoms with Crippen molar-refractivity contribution >= 4 is 45.7 Å². The largest absolute Gasteiger partial charge is 0.506 e. The molecule has 0 bridgehead atoms. The Morgan fingerprint density at radius 3 is 2.58 bits per heavy atom. The lowest BCUT2D eigenvalue weighted by molar-refractivity contribution is -0.136. The summed E-state index contributed by atoms with van der Waals surface area (Å²) in [6.45, 7) is 1.56. The van der Waals surface area contributed by atoms with Gasteiger partial charge in [0.2, 0.25) is 0 Å². The van der Waals surface area contributed by atoms with Crippen molar-refractivity contribution in [1.29, 1.82) is 0 Å². The number of benzene rings is 1. The summed E-state index contributed by atoms with van der Waals surface area (Å²) in [5.74, 6) is -1.92. The molecule has 0 aliphatic carbocycles. The minimum atomic E-state index is -2.68. The Morgan fingerprint density at radius 2 is 2.00 bits per heavy atom. The molecule has 0 aliphatic rings. The van der Waals surface area contributed by atoms with Crippen molar-refractivity contribution in [3.8, 4) is 5.75 Å². The highest BCUT2D eigenvalue weighted by Crippen LogP contribution is 2.36. The molecule has 2 heterocycles. The molecule has 0 saturated heterocycles. The number of aromatic hydroxyl groups is 1. The molecule has 136 valence electrons. The fraction of sp³-hybridized carbons (Fsp3) is 0.176. The number of carboxylic acid groups (broad SMARTS) is 1. The molecule has 0 atom stereocenters. The molecule has 9 heteroatoms. The van der Waals surface area contributed by atoms with E-state index in [1.54, 1.807) is 6.92 Å². The first-order valence-electron chi connectivity index (χ1n) is 7.37. The third-order valence-corrected chi connectivity index (χ3v) is 5.37. The number of hydrogen-bond acceptors (Lipinski definition) is 4. The molecule has 0 unspecified atom stereocenters. The Morgan fingerprint density at radius 1 is 1.31 bits per heavy atom. The van der Waals surface area contributed by atoms with E-state index in [9.17, 15) is 23.5 Å². The molecule has 3 aromatic rings. The number of phenols is 1. The third kappa shape index (κ3) is 3.06. The SMILES string of the molecule is Cc1c(CC(=O)O)c2cc(O)c(Cl)cc2n1C(=O)c1ccc(C(F)F)s1. The summed E-state index contributed by atoms with van der Waals surface area (Å²) in [5, 5.41) is 19.3. The molecule has 0 saturated carbocycles. The monoisotopic (exact) mass is 399 g/mol. The number of phenolic OH excluding ortho intramolecular Hbond substituents is 1. The molecule has 0 spiro atoms. The number of fused-ring (bicyclic) bond motifs is 1. The van der Waals surface area contributed by atoms with Gasteiger partial charge in [-0.3, -0.25) is 14.2 Å². The Labute approximate surface area is 155 Å². The van der Waals surface area contributed by atoms with Gasteiger partial charge in [0.1, 0.15) is 5.75 Å². The van der Waals surface area contributed by atoms with Crippen molar-refractivity contribution < 1.29 is 28.6 Å². The van der Waals surface area contributed by atoms with E-state index < -0.39 is 18.3 Å². The van der Waals surface area contributed by atoms with E-state index in [0.29, 0.717) is 33.5 Å². The van der Waals surface area contributed by atoms with Gasteiger partial charge >= 0.3 is 5.97 Å². The molecule has 2 N–H and O–H groups in total. The first kappa shape index (κ1) is 18.3. The minimum absolute atomic E-state index is 0.00891. The van der Waals surface area contributed by atoms with E-state index in [0.717, 1.165) is 0 Å². The summed E-state index contributed by atoms with van der Waals surface area (Å²) >= 11 is 6.61. The van der Waals surface area contributed by atoms with Crippen LogP contribution in [0, 0.1) is 6.92 Å². The van der Waals surface area contributed by atoms with Gasteiger partial charge in [-0.25, -0.2) is 8.78 Å². The van der Waals surface area contributed by atoms with Crippen molar-refractivity contribution in [2.75, 3.05) is 0 Å². The molecule has 26 heavy (non-hydrogen) atoms. The van der Waals surface area contributed by atoms with Crippen LogP contribution in [0.25, 0.3) is 10.9 Å². The number of carbonyl (C=O) groups is 2. The molecule has 5 nitrogen and oxygen atoms in total. The summed E-state index contributed by atoms with van der Waals surface area (Å²) in [6, 6.07) is 5.13. The summed E-state index contributed by atoms with van der Waals surface area (Å²) in [7, 11) is 0. The minimum Gasteiger partial charge on any atom is -0.506 e. The molecule has 0 radical (unpaired) electrons. The normalized spacial score (nSPS) is 11.4. The second-order valence-electron chi connectivity index (χ2n) is 5.60. The number of aromatic nitrogens is 1. The van der Waals surface area contributed by atoms with Crippen molar-refractivity contribution in [3.63, 3.8) is 0 Å². The Balaban J connectivity index is 2.23. The van der Waals surface area contributed by atoms with Gasteiger partial charge in [-0.1, -0.05) is 11.6 Å². The van der Waals surface area contributed by atoms with Crippen LogP contribution in [-0.4, -0.2) is 26.7 Å². The van der Waals surface area contributed by atoms with Crippen LogP contribution in [-0.2, 0) is 11.2 Å². The number of thiophene rings is 1. The average Bonchev–Trinajstić information content (AvgIpc) is 3.13. The summed E-state index contributed by atoms with van der Waals surface area (Å²) < 4.78 is 26.8. The quantitative estimate of drug-likeness (QED) is 0.670. The molecule has 1 aromatic carbocycles. The van der Waals surface area contributed by atoms with E-state index in [4.69, 9.17) is 16.7 Å². The lowest BCUT2D eigenvalue weighted by atomic mass is 10.1. The lowest BCUT2D eigenvalue weighted by Gasteiger charge is -2.06. The van der Waals surface area contributed by atoms with Crippen LogP contribution in [0.15, 0.2) is 24.3 Å². The van der Waals surface area contributed by atoms with Crippen LogP contribution in [0.5, 0.6) is 5.75 Å². The second kappa shape index (κ2) is 6.69. The number of aliphatic carboxylic acids is 1. The molecule has 0 amide bonds. The predicted octanol–water partition coefficient (Wildman–Crippen LogP) is 4.62. The molecule has 0 aliphatic heterocycles. The summed E-state index contributed by atoms with van der Waals surface area (Å²) in [5.41, 5.74) is 0.998. The number of alkyl halides is 2. The molecular formula is C17H12ClF2NO4S. The Kier molecular flexibility index (Phi) is 4.72. The van der Waals surface area contributed by atoms with Gasteiger partial charge in [0.05, 0.1) is 26.7 Å². The molecule has 0 fully saturated rings. The highest BCUT2D eigenvalue weighted by molar-refractivity contribution is 7.14. The second-order valence-corrected chi connectivity index (χ2v) is 7.12. The van der Waals surface area contributed by atoms with Crippen LogP contribution in [0.1, 0.15) is 32.2 Å². The van der Waals surface area contributed by atoms with Crippen molar-refractivity contribution in [3.05, 3.63) is 50.3 Å². The first-order valence-corrected chi connectivity index (χ1v) is 8.57. The maximum Gasteiger partial charge on any atom is 0.307 e. The zero-order valence-corrected chi connectivity index (χ0v) is 14.9. The highest BCUT2D eigenvalue weighted by Gasteiger charge is 2.24. The number of halogens is 3. The number of hydrogen-bond donors (Lipinski definition) is 2. The zero-order chi connectivity index (χ0) is 19.2. The van der Waals surface area contributed by atoms with Gasteiger partial charge in [-0.05, 0) is 36.8 Å². The van der Waals surface area contributed by atoms with E-state index >= 15 is 0 Å². The van der Waals surface area contributed by atoms with Gasteiger partial charge in [0, 0.05) is 11.1 Å². The number of rotatable bonds is 4. The summed E-state index contributed by atoms with van der Waals surface area (Å²) in [4.78, 5) is 23.9. The van der Waals surface area contributed by atoms with Gasteiger partial charge in [-0.2, -0.15) is 0 Å². The maximum atomic E-state index is 12.9.